The van der Waals surface area contributed by atoms with E-state index in [1.807, 2.05) is 56.3 Å². The SMILES string of the molecule is CCC(C)[C@@H](NC(=O)c1ccc(Br)cc1-c1ccccc1)C(=O)OC. The van der Waals surface area contributed by atoms with Crippen molar-refractivity contribution in [2.24, 2.45) is 5.92 Å². The second kappa shape index (κ2) is 8.81. The van der Waals surface area contributed by atoms with Crippen LogP contribution in [0.4, 0.5) is 0 Å². The Kier molecular flexibility index (Phi) is 6.76. The van der Waals surface area contributed by atoms with Crippen LogP contribution in [0.1, 0.15) is 30.6 Å². The van der Waals surface area contributed by atoms with E-state index in [0.29, 0.717) is 5.56 Å². The number of carbonyl (C=O) groups excluding carboxylic acids is 2. The third kappa shape index (κ3) is 4.69. The molecule has 2 atom stereocenters. The minimum atomic E-state index is -0.672. The summed E-state index contributed by atoms with van der Waals surface area (Å²) in [5, 5.41) is 2.84. The van der Waals surface area contributed by atoms with Gasteiger partial charge in [-0.2, -0.15) is 0 Å². The van der Waals surface area contributed by atoms with Gasteiger partial charge < -0.3 is 10.1 Å². The molecule has 0 spiro atoms. The Hall–Kier alpha value is -2.14. The first-order valence-corrected chi connectivity index (χ1v) is 9.00. The molecule has 4 nitrogen and oxygen atoms in total. The van der Waals surface area contributed by atoms with Crippen molar-refractivity contribution in [3.05, 3.63) is 58.6 Å². The van der Waals surface area contributed by atoms with Crippen molar-refractivity contribution in [2.45, 2.75) is 26.3 Å². The van der Waals surface area contributed by atoms with Gasteiger partial charge in [-0.15, -0.1) is 0 Å². The molecule has 0 bridgehead atoms. The van der Waals surface area contributed by atoms with Gasteiger partial charge in [0, 0.05) is 10.0 Å². The van der Waals surface area contributed by atoms with Gasteiger partial charge in [0.05, 0.1) is 7.11 Å². The summed E-state index contributed by atoms with van der Waals surface area (Å²) >= 11 is 3.46. The second-order valence-corrected chi connectivity index (χ2v) is 6.83. The molecule has 1 amide bonds. The minimum absolute atomic E-state index is 0.0213. The molecule has 0 aliphatic rings. The molecule has 0 saturated heterocycles. The van der Waals surface area contributed by atoms with Gasteiger partial charge in [-0.05, 0) is 35.2 Å². The number of hydrogen-bond donors (Lipinski definition) is 1. The predicted octanol–water partition coefficient (Wildman–Crippen LogP) is 4.43. The van der Waals surface area contributed by atoms with Gasteiger partial charge in [-0.1, -0.05) is 66.5 Å². The number of ether oxygens (including phenoxy) is 1. The van der Waals surface area contributed by atoms with Crippen LogP contribution in [0, 0.1) is 5.92 Å². The zero-order chi connectivity index (χ0) is 18.4. The highest BCUT2D eigenvalue weighted by Gasteiger charge is 2.27. The van der Waals surface area contributed by atoms with E-state index in [9.17, 15) is 9.59 Å². The lowest BCUT2D eigenvalue weighted by Crippen LogP contribution is -2.45. The topological polar surface area (TPSA) is 55.4 Å². The summed E-state index contributed by atoms with van der Waals surface area (Å²) in [5.41, 5.74) is 2.26. The molecule has 25 heavy (non-hydrogen) atoms. The average Bonchev–Trinajstić information content (AvgIpc) is 2.65. The van der Waals surface area contributed by atoms with Crippen LogP contribution in [0.5, 0.6) is 0 Å². The molecule has 5 heteroatoms. The molecule has 0 fully saturated rings. The maximum Gasteiger partial charge on any atom is 0.328 e. The standard InChI is InChI=1S/C20H22BrNO3/c1-4-13(2)18(20(24)25-3)22-19(23)16-11-10-15(21)12-17(16)14-8-6-5-7-9-14/h5-13,18H,4H2,1-3H3,(H,22,23)/t13?,18-/m1/s1. The normalized spacial score (nSPS) is 13.0. The lowest BCUT2D eigenvalue weighted by molar-refractivity contribution is -0.144. The Bertz CT molecular complexity index is 746. The first-order chi connectivity index (χ1) is 12.0. The fraction of sp³-hybridized carbons (Fsp3) is 0.300. The molecule has 2 rings (SSSR count). The highest BCUT2D eigenvalue weighted by molar-refractivity contribution is 9.10. The van der Waals surface area contributed by atoms with Gasteiger partial charge in [0.25, 0.3) is 5.91 Å². The van der Waals surface area contributed by atoms with Crippen molar-refractivity contribution >= 4 is 27.8 Å². The van der Waals surface area contributed by atoms with Crippen molar-refractivity contribution in [1.82, 2.24) is 5.32 Å². The summed E-state index contributed by atoms with van der Waals surface area (Å²) in [6.07, 6.45) is 0.756. The molecular formula is C20H22BrNO3. The van der Waals surface area contributed by atoms with E-state index < -0.39 is 12.0 Å². The van der Waals surface area contributed by atoms with Gasteiger partial charge in [0.1, 0.15) is 6.04 Å². The van der Waals surface area contributed by atoms with E-state index in [4.69, 9.17) is 4.74 Å². The Morgan fingerprint density at radius 2 is 1.84 bits per heavy atom. The highest BCUT2D eigenvalue weighted by atomic mass is 79.9. The molecule has 0 aliphatic carbocycles. The summed E-state index contributed by atoms with van der Waals surface area (Å²) in [6.45, 7) is 3.89. The molecule has 1 N–H and O–H groups in total. The molecular weight excluding hydrogens is 382 g/mol. The summed E-state index contributed by atoms with van der Waals surface area (Å²) in [7, 11) is 1.33. The lowest BCUT2D eigenvalue weighted by Gasteiger charge is -2.22. The number of nitrogens with one attached hydrogen (secondary N) is 1. The van der Waals surface area contributed by atoms with Crippen LogP contribution in [0.3, 0.4) is 0 Å². The summed E-state index contributed by atoms with van der Waals surface area (Å²) in [4.78, 5) is 24.9. The fourth-order valence-electron chi connectivity index (χ4n) is 2.59. The maximum absolute atomic E-state index is 12.9. The van der Waals surface area contributed by atoms with Crippen LogP contribution in [0.2, 0.25) is 0 Å². The van der Waals surface area contributed by atoms with E-state index in [0.717, 1.165) is 22.0 Å². The van der Waals surface area contributed by atoms with Crippen LogP contribution in [-0.2, 0) is 9.53 Å². The van der Waals surface area contributed by atoms with E-state index in [2.05, 4.69) is 21.2 Å². The minimum Gasteiger partial charge on any atom is -0.467 e. The third-order valence-electron chi connectivity index (χ3n) is 4.27. The van der Waals surface area contributed by atoms with Gasteiger partial charge in [0.15, 0.2) is 0 Å². The monoisotopic (exact) mass is 403 g/mol. The van der Waals surface area contributed by atoms with Crippen LogP contribution >= 0.6 is 15.9 Å². The molecule has 0 aromatic heterocycles. The zero-order valence-electron chi connectivity index (χ0n) is 14.6. The van der Waals surface area contributed by atoms with Gasteiger partial charge in [-0.3, -0.25) is 4.79 Å². The number of amides is 1. The first-order valence-electron chi connectivity index (χ1n) is 8.21. The predicted molar refractivity (Wildman–Crippen MR) is 102 cm³/mol. The van der Waals surface area contributed by atoms with Crippen LogP contribution in [0.15, 0.2) is 53.0 Å². The Labute approximate surface area is 156 Å². The van der Waals surface area contributed by atoms with Crippen molar-refractivity contribution in [2.75, 3.05) is 7.11 Å². The molecule has 0 aliphatic heterocycles. The second-order valence-electron chi connectivity index (χ2n) is 5.92. The van der Waals surface area contributed by atoms with Crippen molar-refractivity contribution in [1.29, 1.82) is 0 Å². The van der Waals surface area contributed by atoms with Gasteiger partial charge >= 0.3 is 5.97 Å². The molecule has 0 saturated carbocycles. The number of benzene rings is 2. The number of halogens is 1. The third-order valence-corrected chi connectivity index (χ3v) is 4.76. The Balaban J connectivity index is 2.37. The van der Waals surface area contributed by atoms with E-state index in [1.54, 1.807) is 6.07 Å². The molecule has 2 aromatic rings. The summed E-state index contributed by atoms with van der Waals surface area (Å²) < 4.78 is 5.73. The smallest absolute Gasteiger partial charge is 0.328 e. The number of hydrogen-bond acceptors (Lipinski definition) is 3. The maximum atomic E-state index is 12.9. The van der Waals surface area contributed by atoms with Crippen molar-refractivity contribution in [3.8, 4) is 11.1 Å². The van der Waals surface area contributed by atoms with Gasteiger partial charge in [0.2, 0.25) is 0 Å². The Morgan fingerprint density at radius 3 is 2.44 bits per heavy atom. The average molecular weight is 404 g/mol. The fourth-order valence-corrected chi connectivity index (χ4v) is 2.95. The van der Waals surface area contributed by atoms with Gasteiger partial charge in [-0.25, -0.2) is 4.79 Å². The number of methoxy groups -OCH3 is 1. The Morgan fingerprint density at radius 1 is 1.16 bits per heavy atom. The first kappa shape index (κ1) is 19.2. The zero-order valence-corrected chi connectivity index (χ0v) is 16.2. The summed E-state index contributed by atoms with van der Waals surface area (Å²) in [5.74, 6) is -0.741. The van der Waals surface area contributed by atoms with Crippen molar-refractivity contribution in [3.63, 3.8) is 0 Å². The molecule has 0 radical (unpaired) electrons. The van der Waals surface area contributed by atoms with E-state index >= 15 is 0 Å². The number of esters is 1. The molecule has 2 aromatic carbocycles. The van der Waals surface area contributed by atoms with E-state index in [-0.39, 0.29) is 11.8 Å². The molecule has 0 heterocycles. The highest BCUT2D eigenvalue weighted by Crippen LogP contribution is 2.27. The van der Waals surface area contributed by atoms with Crippen LogP contribution in [-0.4, -0.2) is 25.0 Å². The largest absolute Gasteiger partial charge is 0.467 e. The van der Waals surface area contributed by atoms with Crippen LogP contribution < -0.4 is 5.32 Å². The lowest BCUT2D eigenvalue weighted by atomic mass is 9.96. The number of carbonyl (C=O) groups is 2. The van der Waals surface area contributed by atoms with E-state index in [1.165, 1.54) is 7.11 Å². The molecule has 132 valence electrons. The molecule has 1 unspecified atom stereocenters. The summed E-state index contributed by atoms with van der Waals surface area (Å²) in [6, 6.07) is 14.5. The van der Waals surface area contributed by atoms with Crippen LogP contribution in [0.25, 0.3) is 11.1 Å². The number of rotatable bonds is 6. The van der Waals surface area contributed by atoms with Crippen molar-refractivity contribution < 1.29 is 14.3 Å². The quantitative estimate of drug-likeness (QED) is 0.725.